The summed E-state index contributed by atoms with van der Waals surface area (Å²) in [5.41, 5.74) is 5.43. The molecule has 1 fully saturated rings. The van der Waals surface area contributed by atoms with Crippen LogP contribution in [0.15, 0.2) is 72.9 Å². The zero-order valence-electron chi connectivity index (χ0n) is 16.7. The first kappa shape index (κ1) is 19.3. The van der Waals surface area contributed by atoms with E-state index in [-0.39, 0.29) is 6.04 Å². The number of pyridine rings is 1. The van der Waals surface area contributed by atoms with Gasteiger partial charge in [0.05, 0.1) is 11.7 Å². The number of carboxylic acid groups (broad SMARTS) is 1. The number of likely N-dealkylation sites (tertiary alicyclic amines) is 1. The largest absolute Gasteiger partial charge is 0.480 e. The molecule has 4 nitrogen and oxygen atoms in total. The third-order valence-electron chi connectivity index (χ3n) is 5.80. The van der Waals surface area contributed by atoms with Gasteiger partial charge in [-0.15, -0.1) is 0 Å². The quantitative estimate of drug-likeness (QED) is 0.664. The third kappa shape index (κ3) is 4.08. The van der Waals surface area contributed by atoms with Crippen molar-refractivity contribution in [3.63, 3.8) is 0 Å². The molecule has 1 N–H and O–H groups in total. The summed E-state index contributed by atoms with van der Waals surface area (Å²) >= 11 is 0. The van der Waals surface area contributed by atoms with Crippen LogP contribution in [-0.4, -0.2) is 33.5 Å². The Hall–Kier alpha value is -2.98. The molecule has 3 aromatic rings. The van der Waals surface area contributed by atoms with Crippen molar-refractivity contribution in [2.75, 3.05) is 6.54 Å². The molecule has 29 heavy (non-hydrogen) atoms. The van der Waals surface area contributed by atoms with E-state index in [9.17, 15) is 9.90 Å². The van der Waals surface area contributed by atoms with Gasteiger partial charge >= 0.3 is 5.97 Å². The number of aliphatic carboxylic acids is 1. The van der Waals surface area contributed by atoms with Gasteiger partial charge in [0, 0.05) is 6.20 Å². The molecule has 0 bridgehead atoms. The van der Waals surface area contributed by atoms with E-state index in [2.05, 4.69) is 46.3 Å². The zero-order chi connectivity index (χ0) is 20.2. The van der Waals surface area contributed by atoms with Crippen molar-refractivity contribution in [1.82, 2.24) is 9.88 Å². The molecule has 0 radical (unpaired) electrons. The Labute approximate surface area is 171 Å². The van der Waals surface area contributed by atoms with E-state index in [0.29, 0.717) is 6.42 Å². The van der Waals surface area contributed by atoms with Crippen LogP contribution >= 0.6 is 0 Å². The zero-order valence-corrected chi connectivity index (χ0v) is 16.7. The van der Waals surface area contributed by atoms with Gasteiger partial charge in [-0.25, -0.2) is 0 Å². The Morgan fingerprint density at radius 3 is 2.41 bits per heavy atom. The molecule has 0 spiro atoms. The van der Waals surface area contributed by atoms with Crippen LogP contribution in [0.1, 0.15) is 42.1 Å². The highest BCUT2D eigenvalue weighted by atomic mass is 16.4. The standard InChI is InChI=1S/C25H26N2O2/c1-18-8-7-16-26-23(18)24(27-17-6-5-11-22(27)25(28)29)21-14-12-20(13-15-21)19-9-3-2-4-10-19/h2-4,7-10,12-16,22,24H,5-6,11,17H2,1H3,(H,28,29). The minimum absolute atomic E-state index is 0.164. The maximum absolute atomic E-state index is 12.0. The topological polar surface area (TPSA) is 53.4 Å². The maximum atomic E-state index is 12.0. The van der Waals surface area contributed by atoms with E-state index in [1.54, 1.807) is 6.20 Å². The summed E-state index contributed by atoms with van der Waals surface area (Å²) in [6, 6.07) is 22.1. The fourth-order valence-corrected chi connectivity index (χ4v) is 4.31. The molecule has 148 valence electrons. The average Bonchev–Trinajstić information content (AvgIpc) is 2.77. The predicted molar refractivity (Wildman–Crippen MR) is 115 cm³/mol. The Bertz CT molecular complexity index is 970. The lowest BCUT2D eigenvalue weighted by Gasteiger charge is -2.39. The number of nitrogens with zero attached hydrogens (tertiary/aromatic N) is 2. The number of benzene rings is 2. The lowest BCUT2D eigenvalue weighted by atomic mass is 9.91. The van der Waals surface area contributed by atoms with Crippen LogP contribution in [0.4, 0.5) is 0 Å². The highest BCUT2D eigenvalue weighted by Gasteiger charge is 2.36. The molecule has 0 amide bonds. The van der Waals surface area contributed by atoms with Gasteiger partial charge in [0.15, 0.2) is 0 Å². The van der Waals surface area contributed by atoms with E-state index in [1.807, 2.05) is 37.3 Å². The molecular formula is C25H26N2O2. The number of hydrogen-bond acceptors (Lipinski definition) is 3. The van der Waals surface area contributed by atoms with Gasteiger partial charge in [-0.2, -0.15) is 0 Å². The van der Waals surface area contributed by atoms with Gasteiger partial charge in [-0.05, 0) is 54.6 Å². The Balaban J connectivity index is 1.76. The first-order valence-electron chi connectivity index (χ1n) is 10.2. The second-order valence-corrected chi connectivity index (χ2v) is 7.68. The number of hydrogen-bond donors (Lipinski definition) is 1. The van der Waals surface area contributed by atoms with Crippen molar-refractivity contribution in [3.8, 4) is 11.1 Å². The molecule has 1 aliphatic heterocycles. The summed E-state index contributed by atoms with van der Waals surface area (Å²) in [6.45, 7) is 2.81. The number of carbonyl (C=O) groups is 1. The summed E-state index contributed by atoms with van der Waals surface area (Å²) < 4.78 is 0. The van der Waals surface area contributed by atoms with E-state index in [1.165, 1.54) is 5.56 Å². The molecule has 1 aromatic heterocycles. The summed E-state index contributed by atoms with van der Waals surface area (Å²) in [5.74, 6) is -0.746. The molecule has 0 aliphatic carbocycles. The summed E-state index contributed by atoms with van der Waals surface area (Å²) in [4.78, 5) is 18.8. The molecule has 2 unspecified atom stereocenters. The van der Waals surface area contributed by atoms with Gasteiger partial charge < -0.3 is 5.11 Å². The van der Waals surface area contributed by atoms with Crippen LogP contribution in [0.5, 0.6) is 0 Å². The van der Waals surface area contributed by atoms with Crippen molar-refractivity contribution in [1.29, 1.82) is 0 Å². The van der Waals surface area contributed by atoms with Crippen molar-refractivity contribution < 1.29 is 9.90 Å². The van der Waals surface area contributed by atoms with Gasteiger partial charge in [-0.1, -0.05) is 67.1 Å². The second kappa shape index (κ2) is 8.58. The third-order valence-corrected chi connectivity index (χ3v) is 5.80. The van der Waals surface area contributed by atoms with Gasteiger partial charge in [0.25, 0.3) is 0 Å². The predicted octanol–water partition coefficient (Wildman–Crippen LogP) is 5.09. The summed E-state index contributed by atoms with van der Waals surface area (Å²) in [5, 5.41) is 9.85. The normalized spacial score (nSPS) is 18.3. The van der Waals surface area contributed by atoms with Crippen LogP contribution in [0.25, 0.3) is 11.1 Å². The van der Waals surface area contributed by atoms with Crippen LogP contribution in [-0.2, 0) is 4.79 Å². The van der Waals surface area contributed by atoms with Crippen molar-refractivity contribution in [3.05, 3.63) is 89.7 Å². The van der Waals surface area contributed by atoms with Crippen LogP contribution < -0.4 is 0 Å². The molecule has 1 saturated heterocycles. The molecular weight excluding hydrogens is 360 g/mol. The van der Waals surface area contributed by atoms with Crippen LogP contribution in [0.2, 0.25) is 0 Å². The Morgan fingerprint density at radius 1 is 1.00 bits per heavy atom. The van der Waals surface area contributed by atoms with Gasteiger partial charge in [-0.3, -0.25) is 14.7 Å². The highest BCUT2D eigenvalue weighted by Crippen LogP contribution is 2.35. The van der Waals surface area contributed by atoms with E-state index in [0.717, 1.165) is 41.8 Å². The SMILES string of the molecule is Cc1cccnc1C(c1ccc(-c2ccccc2)cc1)N1CCCCC1C(=O)O. The van der Waals surface area contributed by atoms with Crippen molar-refractivity contribution in [2.24, 2.45) is 0 Å². The highest BCUT2D eigenvalue weighted by molar-refractivity contribution is 5.74. The second-order valence-electron chi connectivity index (χ2n) is 7.68. The Morgan fingerprint density at radius 2 is 1.72 bits per heavy atom. The molecule has 2 atom stereocenters. The minimum Gasteiger partial charge on any atom is -0.480 e. The van der Waals surface area contributed by atoms with Gasteiger partial charge in [0.2, 0.25) is 0 Å². The number of aromatic nitrogens is 1. The smallest absolute Gasteiger partial charge is 0.320 e. The molecule has 4 heteroatoms. The van der Waals surface area contributed by atoms with E-state index < -0.39 is 12.0 Å². The van der Waals surface area contributed by atoms with E-state index in [4.69, 9.17) is 0 Å². The maximum Gasteiger partial charge on any atom is 0.320 e. The fraction of sp³-hybridized carbons (Fsp3) is 0.280. The van der Waals surface area contributed by atoms with Crippen molar-refractivity contribution >= 4 is 5.97 Å². The molecule has 0 saturated carbocycles. The fourth-order valence-electron chi connectivity index (χ4n) is 4.31. The summed E-state index contributed by atoms with van der Waals surface area (Å²) in [6.07, 6.45) is 4.44. The average molecular weight is 386 g/mol. The number of carboxylic acids is 1. The van der Waals surface area contributed by atoms with E-state index >= 15 is 0 Å². The van der Waals surface area contributed by atoms with Crippen LogP contribution in [0, 0.1) is 6.92 Å². The molecule has 1 aliphatic rings. The lowest BCUT2D eigenvalue weighted by molar-refractivity contribution is -0.145. The molecule has 2 aromatic carbocycles. The number of rotatable bonds is 5. The molecule has 2 heterocycles. The minimum atomic E-state index is -0.746. The van der Waals surface area contributed by atoms with Crippen LogP contribution in [0.3, 0.4) is 0 Å². The first-order valence-corrected chi connectivity index (χ1v) is 10.2. The van der Waals surface area contributed by atoms with Crippen molar-refractivity contribution in [2.45, 2.75) is 38.3 Å². The first-order chi connectivity index (χ1) is 14.1. The van der Waals surface area contributed by atoms with Gasteiger partial charge in [0.1, 0.15) is 6.04 Å². The monoisotopic (exact) mass is 386 g/mol. The lowest BCUT2D eigenvalue weighted by Crippen LogP contribution is -2.47. The number of piperidine rings is 1. The molecule has 4 rings (SSSR count). The Kier molecular flexibility index (Phi) is 5.72. The summed E-state index contributed by atoms with van der Waals surface area (Å²) in [7, 11) is 0. The number of aryl methyl sites for hydroxylation is 1.